The van der Waals surface area contributed by atoms with Crippen LogP contribution in [-0.4, -0.2) is 5.78 Å². The highest BCUT2D eigenvalue weighted by atomic mass is 16.1. The first-order valence-electron chi connectivity index (χ1n) is 7.12. The van der Waals surface area contributed by atoms with Crippen LogP contribution in [0.1, 0.15) is 77.0 Å². The van der Waals surface area contributed by atoms with E-state index in [0.29, 0.717) is 5.78 Å². The summed E-state index contributed by atoms with van der Waals surface area (Å²) >= 11 is 0. The summed E-state index contributed by atoms with van der Waals surface area (Å²) in [7, 11) is 0. The number of rotatable bonds is 0. The number of hydrogen-bond donors (Lipinski definition) is 0. The van der Waals surface area contributed by atoms with Crippen molar-refractivity contribution < 1.29 is 4.79 Å². The van der Waals surface area contributed by atoms with E-state index >= 15 is 0 Å². The van der Waals surface area contributed by atoms with Gasteiger partial charge in [0.15, 0.2) is 5.78 Å². The number of allylic oxidation sites excluding steroid dienone is 2. The Balaban J connectivity index is 2.05. The monoisotopic (exact) mass is 220 g/mol. The Morgan fingerprint density at radius 2 is 1.12 bits per heavy atom. The van der Waals surface area contributed by atoms with Crippen LogP contribution in [-0.2, 0) is 4.79 Å². The van der Waals surface area contributed by atoms with Crippen molar-refractivity contribution in [1.29, 1.82) is 0 Å². The molecular weight excluding hydrogens is 196 g/mol. The first-order chi connectivity index (χ1) is 7.88. The highest BCUT2D eigenvalue weighted by Gasteiger charge is 2.19. The maximum absolute atomic E-state index is 11.9. The Morgan fingerprint density at radius 1 is 0.562 bits per heavy atom. The summed E-state index contributed by atoms with van der Waals surface area (Å²) in [6.07, 6.45) is 14.8. The molecule has 0 fully saturated rings. The van der Waals surface area contributed by atoms with E-state index in [9.17, 15) is 4.79 Å². The molecule has 0 aliphatic heterocycles. The topological polar surface area (TPSA) is 17.1 Å². The number of carbonyl (C=O) groups is 1. The van der Waals surface area contributed by atoms with Gasteiger partial charge < -0.3 is 0 Å². The fourth-order valence-electron chi connectivity index (χ4n) is 3.08. The minimum atomic E-state index is 0.473. The predicted molar refractivity (Wildman–Crippen MR) is 67.4 cm³/mol. The van der Waals surface area contributed by atoms with Crippen LogP contribution in [0.5, 0.6) is 0 Å². The molecule has 0 aromatic carbocycles. The van der Waals surface area contributed by atoms with Gasteiger partial charge in [0, 0.05) is 6.42 Å². The van der Waals surface area contributed by atoms with E-state index in [1.54, 1.807) is 0 Å². The molecule has 0 spiro atoms. The minimum absolute atomic E-state index is 0.473. The van der Waals surface area contributed by atoms with Gasteiger partial charge in [0.1, 0.15) is 0 Å². The summed E-state index contributed by atoms with van der Waals surface area (Å²) in [5.74, 6) is 0.473. The van der Waals surface area contributed by atoms with Crippen molar-refractivity contribution >= 4 is 5.78 Å². The van der Waals surface area contributed by atoms with Crippen molar-refractivity contribution in [3.63, 3.8) is 0 Å². The maximum Gasteiger partial charge on any atom is 0.158 e. The Hall–Kier alpha value is -0.590. The molecule has 0 atom stereocenters. The van der Waals surface area contributed by atoms with E-state index in [2.05, 4.69) is 0 Å². The van der Waals surface area contributed by atoms with Crippen LogP contribution in [0.15, 0.2) is 11.1 Å². The van der Waals surface area contributed by atoms with Gasteiger partial charge in [-0.3, -0.25) is 4.79 Å². The zero-order chi connectivity index (χ0) is 11.2. The zero-order valence-corrected chi connectivity index (χ0v) is 10.4. The van der Waals surface area contributed by atoms with Crippen molar-refractivity contribution in [2.24, 2.45) is 0 Å². The summed E-state index contributed by atoms with van der Waals surface area (Å²) in [6.45, 7) is 0. The van der Waals surface area contributed by atoms with E-state index in [1.165, 1.54) is 68.9 Å². The summed E-state index contributed by atoms with van der Waals surface area (Å²) < 4.78 is 0. The van der Waals surface area contributed by atoms with Gasteiger partial charge in [0.2, 0.25) is 0 Å². The van der Waals surface area contributed by atoms with Crippen molar-refractivity contribution in [3.8, 4) is 0 Å². The predicted octanol–water partition coefficient (Wildman–Crippen LogP) is 4.56. The molecule has 2 aliphatic carbocycles. The molecule has 1 heteroatoms. The van der Waals surface area contributed by atoms with Crippen LogP contribution in [0.4, 0.5) is 0 Å². The molecule has 0 aromatic heterocycles. The van der Waals surface area contributed by atoms with E-state index < -0.39 is 0 Å². The minimum Gasteiger partial charge on any atom is -0.295 e. The fourth-order valence-corrected chi connectivity index (χ4v) is 3.08. The second kappa shape index (κ2) is 6.22. The van der Waals surface area contributed by atoms with Gasteiger partial charge in [0.05, 0.1) is 0 Å². The van der Waals surface area contributed by atoms with Crippen LogP contribution in [0, 0.1) is 0 Å². The van der Waals surface area contributed by atoms with Crippen molar-refractivity contribution in [3.05, 3.63) is 11.1 Å². The van der Waals surface area contributed by atoms with E-state index in [1.807, 2.05) is 0 Å². The molecule has 16 heavy (non-hydrogen) atoms. The number of carbonyl (C=O) groups excluding carboxylic acids is 1. The Labute approximate surface area is 99.3 Å². The van der Waals surface area contributed by atoms with Gasteiger partial charge in [-0.05, 0) is 44.1 Å². The Bertz CT molecular complexity index is 275. The van der Waals surface area contributed by atoms with Crippen LogP contribution in [0.3, 0.4) is 0 Å². The van der Waals surface area contributed by atoms with Crippen LogP contribution >= 0.6 is 0 Å². The van der Waals surface area contributed by atoms with Crippen molar-refractivity contribution in [2.45, 2.75) is 77.0 Å². The fraction of sp³-hybridized carbons (Fsp3) is 0.800. The molecule has 1 nitrogen and oxygen atoms in total. The molecule has 0 aromatic rings. The first kappa shape index (κ1) is 11.9. The van der Waals surface area contributed by atoms with Crippen molar-refractivity contribution in [1.82, 2.24) is 0 Å². The first-order valence-corrected chi connectivity index (χ1v) is 7.12. The molecule has 0 bridgehead atoms. The Kier molecular flexibility index (Phi) is 4.62. The molecular formula is C15H24O. The lowest BCUT2D eigenvalue weighted by atomic mass is 9.85. The number of Topliss-reactive ketones (excluding diaryl/α,β-unsaturated/α-hetero) is 1. The van der Waals surface area contributed by atoms with Crippen molar-refractivity contribution in [2.75, 3.05) is 0 Å². The number of ketones is 1. The molecule has 0 radical (unpaired) electrons. The van der Waals surface area contributed by atoms with Crippen LogP contribution in [0.2, 0.25) is 0 Å². The third-order valence-electron chi connectivity index (χ3n) is 4.05. The lowest BCUT2D eigenvalue weighted by molar-refractivity contribution is -0.116. The summed E-state index contributed by atoms with van der Waals surface area (Å²) in [5.41, 5.74) is 2.77. The Morgan fingerprint density at radius 3 is 1.88 bits per heavy atom. The van der Waals surface area contributed by atoms with E-state index in [-0.39, 0.29) is 0 Å². The van der Waals surface area contributed by atoms with Gasteiger partial charge in [0.25, 0.3) is 0 Å². The molecule has 0 unspecified atom stereocenters. The van der Waals surface area contributed by atoms with Crippen LogP contribution < -0.4 is 0 Å². The average Bonchev–Trinajstić information content (AvgIpc) is 2.34. The normalized spacial score (nSPS) is 24.9. The molecule has 0 amide bonds. The summed E-state index contributed by atoms with van der Waals surface area (Å²) in [5, 5.41) is 0. The molecule has 0 N–H and O–H groups in total. The molecule has 0 saturated heterocycles. The summed E-state index contributed by atoms with van der Waals surface area (Å²) in [4.78, 5) is 11.9. The average molecular weight is 220 g/mol. The smallest absolute Gasteiger partial charge is 0.158 e. The molecule has 2 rings (SSSR count). The lowest BCUT2D eigenvalue weighted by Gasteiger charge is -2.19. The van der Waals surface area contributed by atoms with Gasteiger partial charge in [-0.2, -0.15) is 0 Å². The number of hydrogen-bond acceptors (Lipinski definition) is 1. The molecule has 0 saturated carbocycles. The quantitative estimate of drug-likeness (QED) is 0.585. The summed E-state index contributed by atoms with van der Waals surface area (Å²) in [6, 6.07) is 0. The van der Waals surface area contributed by atoms with Gasteiger partial charge in [-0.15, -0.1) is 0 Å². The highest BCUT2D eigenvalue weighted by molar-refractivity contribution is 5.96. The second-order valence-corrected chi connectivity index (χ2v) is 5.33. The zero-order valence-electron chi connectivity index (χ0n) is 10.4. The molecule has 0 heterocycles. The van der Waals surface area contributed by atoms with Gasteiger partial charge in [-0.25, -0.2) is 0 Å². The maximum atomic E-state index is 11.9. The second-order valence-electron chi connectivity index (χ2n) is 5.33. The van der Waals surface area contributed by atoms with E-state index in [0.717, 1.165) is 19.3 Å². The third-order valence-corrected chi connectivity index (χ3v) is 4.05. The standard InChI is InChI=1S/C15H24O/c16-15-12-8-10-13-9-6-4-2-1-3-5-7-11-14(13)15/h1-12H2. The third kappa shape index (κ3) is 3.20. The van der Waals surface area contributed by atoms with Crippen LogP contribution in [0.25, 0.3) is 0 Å². The molecule has 90 valence electrons. The lowest BCUT2D eigenvalue weighted by Crippen LogP contribution is -2.12. The van der Waals surface area contributed by atoms with Gasteiger partial charge in [-0.1, -0.05) is 37.7 Å². The highest BCUT2D eigenvalue weighted by Crippen LogP contribution is 2.30. The molecule has 2 aliphatic rings. The van der Waals surface area contributed by atoms with Gasteiger partial charge >= 0.3 is 0 Å². The largest absolute Gasteiger partial charge is 0.295 e. The van der Waals surface area contributed by atoms with E-state index in [4.69, 9.17) is 0 Å². The SMILES string of the molecule is O=C1CCCC2=C1CCCCCCCCC2.